The summed E-state index contributed by atoms with van der Waals surface area (Å²) in [5.41, 5.74) is 2.14. The number of hydrogen-bond acceptors (Lipinski definition) is 6. The number of piperidine rings is 4. The topological polar surface area (TPSA) is 53.0 Å². The standard InChI is InChI=1S/C30H42N2O3S/c1-21-3-5-26(23-8-13-34-15-23)31-19-29(10-7-25(21)31)17-28(20-36-29)11-12-32-27(24-9-14-35-16-24)6-4-22(2)30(32,33)18-28/h8-9,13-16,21-22,25-27,33H,3-7,10-12,17-20H2,1-2H3/t21-,22+,25+,26+,27+,28-,29+,30-/m1/s1. The van der Waals surface area contributed by atoms with Crippen LogP contribution in [0.4, 0.5) is 0 Å². The average Bonchev–Trinajstić information content (AvgIpc) is 3.63. The van der Waals surface area contributed by atoms with E-state index in [0.29, 0.717) is 22.7 Å². The zero-order valence-corrected chi connectivity index (χ0v) is 22.7. The van der Waals surface area contributed by atoms with Gasteiger partial charge in [-0.2, -0.15) is 11.8 Å². The minimum Gasteiger partial charge on any atom is -0.472 e. The van der Waals surface area contributed by atoms with Crippen LogP contribution in [-0.4, -0.2) is 50.3 Å². The summed E-state index contributed by atoms with van der Waals surface area (Å²) >= 11 is 2.26. The highest BCUT2D eigenvalue weighted by Crippen LogP contribution is 2.62. The van der Waals surface area contributed by atoms with Crippen LogP contribution in [0.3, 0.4) is 0 Å². The molecular formula is C30H42N2O3S. The summed E-state index contributed by atoms with van der Waals surface area (Å²) in [6.07, 6.45) is 18.3. The molecule has 5 fully saturated rings. The number of hydrogen-bond donors (Lipinski definition) is 1. The Morgan fingerprint density at radius 2 is 1.67 bits per heavy atom. The Labute approximate surface area is 220 Å². The second-order valence-electron chi connectivity index (χ2n) is 13.1. The molecule has 1 N–H and O–H groups in total. The van der Waals surface area contributed by atoms with Crippen molar-refractivity contribution >= 4 is 11.8 Å². The number of aliphatic hydroxyl groups is 1. The van der Waals surface area contributed by atoms with Gasteiger partial charge in [0.25, 0.3) is 0 Å². The number of thioether (sulfide) groups is 1. The van der Waals surface area contributed by atoms with Gasteiger partial charge in [-0.1, -0.05) is 13.8 Å². The van der Waals surface area contributed by atoms with Crippen LogP contribution in [0.15, 0.2) is 46.0 Å². The van der Waals surface area contributed by atoms with E-state index in [1.165, 1.54) is 61.9 Å². The molecule has 6 heteroatoms. The van der Waals surface area contributed by atoms with E-state index < -0.39 is 5.72 Å². The maximum absolute atomic E-state index is 12.3. The summed E-state index contributed by atoms with van der Waals surface area (Å²) in [6, 6.07) is 5.77. The minimum atomic E-state index is -0.708. The lowest BCUT2D eigenvalue weighted by Crippen LogP contribution is -2.64. The maximum atomic E-state index is 12.3. The summed E-state index contributed by atoms with van der Waals surface area (Å²) in [4.78, 5) is 5.32. The van der Waals surface area contributed by atoms with Crippen LogP contribution in [0.25, 0.3) is 0 Å². The molecule has 2 spiro atoms. The lowest BCUT2D eigenvalue weighted by Gasteiger charge is -2.59. The second kappa shape index (κ2) is 8.65. The highest BCUT2D eigenvalue weighted by atomic mass is 32.2. The molecule has 5 aliphatic heterocycles. The fraction of sp³-hybridized carbons (Fsp3) is 0.733. The monoisotopic (exact) mass is 510 g/mol. The van der Waals surface area contributed by atoms with E-state index in [0.717, 1.165) is 31.7 Å². The van der Waals surface area contributed by atoms with Crippen LogP contribution >= 0.6 is 11.8 Å². The van der Waals surface area contributed by atoms with E-state index in [1.807, 2.05) is 18.8 Å². The molecule has 5 saturated heterocycles. The number of rotatable bonds is 2. The first-order valence-electron chi connectivity index (χ1n) is 14.3. The Morgan fingerprint density at radius 3 is 2.42 bits per heavy atom. The third-order valence-corrected chi connectivity index (χ3v) is 12.9. The first-order chi connectivity index (χ1) is 17.4. The van der Waals surface area contributed by atoms with Gasteiger partial charge in [0.05, 0.1) is 25.1 Å². The Morgan fingerprint density at radius 1 is 0.917 bits per heavy atom. The summed E-state index contributed by atoms with van der Waals surface area (Å²) in [6.45, 7) is 6.94. The van der Waals surface area contributed by atoms with Gasteiger partial charge < -0.3 is 13.9 Å². The maximum Gasteiger partial charge on any atom is 0.122 e. The number of fused-ring (bicyclic) bond motifs is 2. The quantitative estimate of drug-likeness (QED) is 0.490. The molecule has 0 aromatic carbocycles. The van der Waals surface area contributed by atoms with Gasteiger partial charge in [0.2, 0.25) is 0 Å². The van der Waals surface area contributed by atoms with Crippen molar-refractivity contribution in [3.63, 3.8) is 0 Å². The van der Waals surface area contributed by atoms with Crippen molar-refractivity contribution in [2.24, 2.45) is 17.3 Å². The van der Waals surface area contributed by atoms with Crippen molar-refractivity contribution < 1.29 is 13.9 Å². The number of furan rings is 2. The largest absolute Gasteiger partial charge is 0.472 e. The molecule has 5 aliphatic rings. The molecule has 36 heavy (non-hydrogen) atoms. The molecule has 2 aromatic heterocycles. The molecule has 2 aromatic rings. The molecule has 196 valence electrons. The predicted octanol–water partition coefficient (Wildman–Crippen LogP) is 6.63. The van der Waals surface area contributed by atoms with E-state index in [-0.39, 0.29) is 11.5 Å². The first-order valence-corrected chi connectivity index (χ1v) is 15.3. The summed E-state index contributed by atoms with van der Waals surface area (Å²) in [7, 11) is 0. The van der Waals surface area contributed by atoms with E-state index >= 15 is 0 Å². The van der Waals surface area contributed by atoms with Gasteiger partial charge in [-0.3, -0.25) is 9.80 Å². The Bertz CT molecular complexity index is 1060. The van der Waals surface area contributed by atoms with Gasteiger partial charge in [0.1, 0.15) is 5.72 Å². The predicted molar refractivity (Wildman–Crippen MR) is 143 cm³/mol. The summed E-state index contributed by atoms with van der Waals surface area (Å²) in [5.74, 6) is 2.29. The third kappa shape index (κ3) is 3.69. The fourth-order valence-corrected chi connectivity index (χ4v) is 10.9. The molecule has 0 amide bonds. The lowest BCUT2D eigenvalue weighted by molar-refractivity contribution is -0.230. The summed E-state index contributed by atoms with van der Waals surface area (Å²) < 4.78 is 11.3. The van der Waals surface area contributed by atoms with Crippen molar-refractivity contribution in [3.8, 4) is 0 Å². The van der Waals surface area contributed by atoms with E-state index in [2.05, 4.69) is 47.5 Å². The van der Waals surface area contributed by atoms with Crippen molar-refractivity contribution in [3.05, 3.63) is 48.3 Å². The highest BCUT2D eigenvalue weighted by molar-refractivity contribution is 8.01. The van der Waals surface area contributed by atoms with Gasteiger partial charge in [0, 0.05) is 47.1 Å². The average molecular weight is 511 g/mol. The smallest absolute Gasteiger partial charge is 0.122 e. The molecule has 5 nitrogen and oxygen atoms in total. The molecule has 8 atom stereocenters. The van der Waals surface area contributed by atoms with Gasteiger partial charge in [0.15, 0.2) is 0 Å². The van der Waals surface area contributed by atoms with Gasteiger partial charge in [-0.15, -0.1) is 0 Å². The zero-order chi connectivity index (χ0) is 24.5. The second-order valence-corrected chi connectivity index (χ2v) is 14.5. The first kappa shape index (κ1) is 23.9. The van der Waals surface area contributed by atoms with Crippen molar-refractivity contribution in [2.45, 2.75) is 100 Å². The molecule has 7 rings (SSSR count). The molecule has 7 heterocycles. The molecular weight excluding hydrogens is 468 g/mol. The van der Waals surface area contributed by atoms with E-state index in [4.69, 9.17) is 8.83 Å². The molecule has 0 unspecified atom stereocenters. The van der Waals surface area contributed by atoms with Crippen LogP contribution in [0.2, 0.25) is 0 Å². The van der Waals surface area contributed by atoms with Crippen LogP contribution in [-0.2, 0) is 0 Å². The lowest BCUT2D eigenvalue weighted by atomic mass is 9.64. The fourth-order valence-electron chi connectivity index (χ4n) is 9.07. The molecule has 0 bridgehead atoms. The van der Waals surface area contributed by atoms with Crippen molar-refractivity contribution in [2.75, 3.05) is 18.8 Å². The van der Waals surface area contributed by atoms with Crippen molar-refractivity contribution in [1.82, 2.24) is 9.80 Å². The SMILES string of the molecule is C[C@@H]1CC[C@@H](c2ccoc2)N2C[C@]3(CC[C@@H]12)C[C@@]1(CCN2[C@H](c4ccoc4)CC[C@H](C)[C@]2(O)C1)CS3. The normalized spacial score (nSPS) is 45.7. The minimum absolute atomic E-state index is 0.252. The molecule has 0 saturated carbocycles. The van der Waals surface area contributed by atoms with Crippen LogP contribution in [0.1, 0.15) is 94.8 Å². The van der Waals surface area contributed by atoms with Crippen LogP contribution in [0, 0.1) is 17.3 Å². The Balaban J connectivity index is 1.13. The molecule has 0 aliphatic carbocycles. The number of nitrogens with zero attached hydrogens (tertiary/aromatic N) is 2. The Kier molecular flexibility index (Phi) is 5.74. The van der Waals surface area contributed by atoms with Gasteiger partial charge >= 0.3 is 0 Å². The third-order valence-electron chi connectivity index (χ3n) is 11.0. The van der Waals surface area contributed by atoms with E-state index in [9.17, 15) is 5.11 Å². The van der Waals surface area contributed by atoms with Crippen LogP contribution in [0.5, 0.6) is 0 Å². The van der Waals surface area contributed by atoms with E-state index in [1.54, 1.807) is 6.26 Å². The Hall–Kier alpha value is -1.21. The van der Waals surface area contributed by atoms with Crippen LogP contribution < -0.4 is 0 Å². The van der Waals surface area contributed by atoms with Gasteiger partial charge in [-0.05, 0) is 92.9 Å². The zero-order valence-electron chi connectivity index (χ0n) is 21.9. The highest BCUT2D eigenvalue weighted by Gasteiger charge is 2.60. The van der Waals surface area contributed by atoms with Crippen molar-refractivity contribution in [1.29, 1.82) is 0 Å². The molecule has 0 radical (unpaired) electrons. The summed E-state index contributed by atoms with van der Waals surface area (Å²) in [5, 5.41) is 12.3. The van der Waals surface area contributed by atoms with Gasteiger partial charge in [-0.25, -0.2) is 0 Å².